The van der Waals surface area contributed by atoms with Crippen molar-refractivity contribution in [3.8, 4) is 5.75 Å². The van der Waals surface area contributed by atoms with Gasteiger partial charge in [-0.25, -0.2) is 12.4 Å². The van der Waals surface area contributed by atoms with Crippen LogP contribution in [0.4, 0.5) is 0 Å². The Balaban J connectivity index is 2.05. The van der Waals surface area contributed by atoms with Gasteiger partial charge >= 0.3 is 0 Å². The van der Waals surface area contributed by atoms with E-state index in [1.54, 1.807) is 36.5 Å². The number of aromatic nitrogens is 1. The van der Waals surface area contributed by atoms with Crippen molar-refractivity contribution < 1.29 is 13.2 Å². The van der Waals surface area contributed by atoms with Gasteiger partial charge in [-0.15, -0.1) is 0 Å². The molecule has 0 bridgehead atoms. The first-order chi connectivity index (χ1) is 11.1. The summed E-state index contributed by atoms with van der Waals surface area (Å²) in [6.45, 7) is 1.23. The van der Waals surface area contributed by atoms with Gasteiger partial charge in [-0.1, -0.05) is 18.2 Å². The lowest BCUT2D eigenvalue weighted by atomic mass is 10.2. The zero-order valence-corrected chi connectivity index (χ0v) is 13.5. The highest BCUT2D eigenvalue weighted by Crippen LogP contribution is 2.29. The van der Waals surface area contributed by atoms with Crippen molar-refractivity contribution in [1.82, 2.24) is 9.29 Å². The number of hydrogen-bond acceptors (Lipinski definition) is 4. The van der Waals surface area contributed by atoms with Gasteiger partial charge in [0.2, 0.25) is 0 Å². The van der Waals surface area contributed by atoms with Crippen molar-refractivity contribution >= 4 is 20.9 Å². The molecule has 1 heterocycles. The highest BCUT2D eigenvalue weighted by molar-refractivity contribution is 7.90. The Hall–Kier alpha value is -2.31. The molecule has 6 heteroatoms. The summed E-state index contributed by atoms with van der Waals surface area (Å²) in [5.74, 6) is 0.674. The molecule has 0 spiro atoms. The number of benzene rings is 2. The molecule has 0 atom stereocenters. The summed E-state index contributed by atoms with van der Waals surface area (Å²) >= 11 is 0. The Morgan fingerprint density at radius 2 is 1.96 bits per heavy atom. The normalized spacial score (nSPS) is 11.7. The molecule has 23 heavy (non-hydrogen) atoms. The third-order valence-electron chi connectivity index (χ3n) is 3.51. The maximum absolute atomic E-state index is 12.8. The average Bonchev–Trinajstić information content (AvgIpc) is 3.01. The molecule has 0 aliphatic rings. The maximum Gasteiger partial charge on any atom is 0.268 e. The number of fused-ring (bicyclic) bond motifs is 1. The summed E-state index contributed by atoms with van der Waals surface area (Å²) < 4.78 is 32.6. The fourth-order valence-corrected chi connectivity index (χ4v) is 3.72. The molecule has 1 aromatic heterocycles. The lowest BCUT2D eigenvalue weighted by molar-refractivity contribution is 0.322. The van der Waals surface area contributed by atoms with E-state index in [4.69, 9.17) is 4.74 Å². The van der Waals surface area contributed by atoms with Crippen LogP contribution in [0, 0.1) is 6.07 Å². The summed E-state index contributed by atoms with van der Waals surface area (Å²) in [6.07, 6.45) is 1.56. The second-order valence-corrected chi connectivity index (χ2v) is 6.81. The maximum atomic E-state index is 12.8. The Bertz CT molecular complexity index is 902. The van der Waals surface area contributed by atoms with Gasteiger partial charge in [0.05, 0.1) is 10.4 Å². The van der Waals surface area contributed by atoms with Gasteiger partial charge in [-0.2, -0.15) is 0 Å². The van der Waals surface area contributed by atoms with Crippen molar-refractivity contribution in [2.75, 3.05) is 20.2 Å². The van der Waals surface area contributed by atoms with Crippen molar-refractivity contribution in [2.24, 2.45) is 0 Å². The third-order valence-corrected chi connectivity index (χ3v) is 5.22. The van der Waals surface area contributed by atoms with Crippen molar-refractivity contribution in [3.05, 3.63) is 60.8 Å². The monoisotopic (exact) mass is 329 g/mol. The van der Waals surface area contributed by atoms with E-state index in [0.29, 0.717) is 17.9 Å². The molecule has 0 saturated carbocycles. The van der Waals surface area contributed by atoms with E-state index < -0.39 is 10.0 Å². The SMILES string of the molecule is CNCCOc1cccc2c1ccn2S(=O)(=O)c1cc[c]cc1. The Labute approximate surface area is 135 Å². The van der Waals surface area contributed by atoms with Crippen LogP contribution in [0.2, 0.25) is 0 Å². The van der Waals surface area contributed by atoms with Crippen molar-refractivity contribution in [3.63, 3.8) is 0 Å². The van der Waals surface area contributed by atoms with Crippen LogP contribution in [0.5, 0.6) is 5.75 Å². The van der Waals surface area contributed by atoms with E-state index in [0.717, 1.165) is 11.9 Å². The predicted octanol–water partition coefficient (Wildman–Crippen LogP) is 2.28. The molecular weight excluding hydrogens is 312 g/mol. The van der Waals surface area contributed by atoms with Gasteiger partial charge in [-0.05, 0) is 43.4 Å². The van der Waals surface area contributed by atoms with E-state index in [9.17, 15) is 8.42 Å². The second kappa shape index (κ2) is 6.44. The molecular formula is C17H17N2O3S. The summed E-state index contributed by atoms with van der Waals surface area (Å²) in [6, 6.07) is 16.2. The summed E-state index contributed by atoms with van der Waals surface area (Å²) in [5, 5.41) is 3.78. The fourth-order valence-electron chi connectivity index (χ4n) is 2.37. The topological polar surface area (TPSA) is 60.3 Å². The molecule has 0 aliphatic carbocycles. The lowest BCUT2D eigenvalue weighted by Crippen LogP contribution is -2.16. The molecule has 0 saturated heterocycles. The lowest BCUT2D eigenvalue weighted by Gasteiger charge is -2.09. The van der Waals surface area contributed by atoms with Crippen LogP contribution >= 0.6 is 0 Å². The highest BCUT2D eigenvalue weighted by atomic mass is 32.2. The minimum absolute atomic E-state index is 0.232. The average molecular weight is 329 g/mol. The first-order valence-electron chi connectivity index (χ1n) is 7.24. The standard InChI is InChI=1S/C17H17N2O3S/c1-18-11-13-22-17-9-5-8-16-15(17)10-12-19(16)23(20,21)14-6-3-2-4-7-14/h3-10,12,18H,11,13H2,1H3. The smallest absolute Gasteiger partial charge is 0.268 e. The predicted molar refractivity (Wildman–Crippen MR) is 89.2 cm³/mol. The number of rotatable bonds is 6. The molecule has 0 aliphatic heterocycles. The Morgan fingerprint density at radius 3 is 2.70 bits per heavy atom. The first-order valence-corrected chi connectivity index (χ1v) is 8.68. The van der Waals surface area contributed by atoms with E-state index in [1.165, 1.54) is 16.1 Å². The molecule has 0 unspecified atom stereocenters. The quantitative estimate of drug-likeness (QED) is 0.705. The van der Waals surface area contributed by atoms with Crippen LogP contribution < -0.4 is 10.1 Å². The molecule has 3 aromatic rings. The molecule has 0 amide bonds. The van der Waals surface area contributed by atoms with Crippen molar-refractivity contribution in [1.29, 1.82) is 0 Å². The highest BCUT2D eigenvalue weighted by Gasteiger charge is 2.19. The van der Waals surface area contributed by atoms with Gasteiger partial charge in [-0.3, -0.25) is 0 Å². The van der Waals surface area contributed by atoms with E-state index >= 15 is 0 Å². The minimum Gasteiger partial charge on any atom is -0.492 e. The molecule has 2 aromatic carbocycles. The zero-order chi connectivity index (χ0) is 16.3. The summed E-state index contributed by atoms with van der Waals surface area (Å²) in [7, 11) is -1.78. The number of likely N-dealkylation sites (N-methyl/N-ethyl adjacent to an activating group) is 1. The largest absolute Gasteiger partial charge is 0.492 e. The summed E-state index contributed by atoms with van der Waals surface area (Å²) in [4.78, 5) is 0.232. The minimum atomic E-state index is -3.64. The van der Waals surface area contributed by atoms with Gasteiger partial charge in [0, 0.05) is 18.1 Å². The van der Waals surface area contributed by atoms with Crippen LogP contribution in [0.25, 0.3) is 10.9 Å². The Kier molecular flexibility index (Phi) is 4.36. The number of hydrogen-bond donors (Lipinski definition) is 1. The van der Waals surface area contributed by atoms with Crippen LogP contribution in [0.15, 0.2) is 59.6 Å². The Morgan fingerprint density at radius 1 is 1.17 bits per heavy atom. The summed E-state index contributed by atoms with van der Waals surface area (Å²) in [5.41, 5.74) is 0.597. The third kappa shape index (κ3) is 2.95. The van der Waals surface area contributed by atoms with Crippen LogP contribution in [0.1, 0.15) is 0 Å². The molecule has 3 rings (SSSR count). The zero-order valence-electron chi connectivity index (χ0n) is 12.7. The molecule has 5 nitrogen and oxygen atoms in total. The van der Waals surface area contributed by atoms with Crippen LogP contribution in [0.3, 0.4) is 0 Å². The van der Waals surface area contributed by atoms with Gasteiger partial charge < -0.3 is 10.1 Å². The van der Waals surface area contributed by atoms with Gasteiger partial charge in [0.1, 0.15) is 12.4 Å². The molecule has 1 radical (unpaired) electrons. The van der Waals surface area contributed by atoms with E-state index in [2.05, 4.69) is 11.4 Å². The number of nitrogens with one attached hydrogen (secondary N) is 1. The fraction of sp³-hybridized carbons (Fsp3) is 0.176. The number of nitrogens with zero attached hydrogens (tertiary/aromatic N) is 1. The second-order valence-electron chi connectivity index (χ2n) is 4.99. The van der Waals surface area contributed by atoms with Gasteiger partial charge in [0.15, 0.2) is 0 Å². The van der Waals surface area contributed by atoms with Crippen molar-refractivity contribution in [2.45, 2.75) is 4.90 Å². The molecule has 1 N–H and O–H groups in total. The molecule has 0 fully saturated rings. The van der Waals surface area contributed by atoms with Gasteiger partial charge in [0.25, 0.3) is 10.0 Å². The van der Waals surface area contributed by atoms with E-state index in [-0.39, 0.29) is 4.90 Å². The van der Waals surface area contributed by atoms with Crippen LogP contribution in [-0.2, 0) is 10.0 Å². The number of ether oxygens (including phenoxy) is 1. The molecule has 119 valence electrons. The first kappa shape index (κ1) is 15.6. The van der Waals surface area contributed by atoms with Crippen LogP contribution in [-0.4, -0.2) is 32.6 Å². The van der Waals surface area contributed by atoms with E-state index in [1.807, 2.05) is 13.1 Å².